The highest BCUT2D eigenvalue weighted by atomic mass is 19.1. The quantitative estimate of drug-likeness (QED) is 0.617. The van der Waals surface area contributed by atoms with Crippen LogP contribution in [0.2, 0.25) is 0 Å². The summed E-state index contributed by atoms with van der Waals surface area (Å²) in [6.45, 7) is 4.13. The number of halogens is 1. The Balaban J connectivity index is 1.69. The summed E-state index contributed by atoms with van der Waals surface area (Å²) in [6.07, 6.45) is 3.67. The maximum atomic E-state index is 13.1. The number of benzene rings is 1. The van der Waals surface area contributed by atoms with Crippen LogP contribution in [0.3, 0.4) is 0 Å². The number of anilines is 2. The number of rotatable bonds is 4. The molecule has 0 aliphatic carbocycles. The van der Waals surface area contributed by atoms with Gasteiger partial charge in [0, 0.05) is 17.8 Å². The molecular formula is C17H16FN7. The molecule has 0 aliphatic heterocycles. The smallest absolute Gasteiger partial charge is 0.185 e. The Bertz CT molecular complexity index is 1020. The maximum Gasteiger partial charge on any atom is 0.185 e. The molecule has 1 aromatic carbocycles. The maximum absolute atomic E-state index is 13.1. The molecule has 0 unspecified atom stereocenters. The normalized spacial score (nSPS) is 11.4. The zero-order valence-electron chi connectivity index (χ0n) is 13.8. The molecule has 0 atom stereocenters. The van der Waals surface area contributed by atoms with Gasteiger partial charge in [-0.15, -0.1) is 15.3 Å². The summed E-state index contributed by atoms with van der Waals surface area (Å²) in [6, 6.07) is 10.0. The van der Waals surface area contributed by atoms with Crippen molar-refractivity contribution in [3.63, 3.8) is 0 Å². The van der Waals surface area contributed by atoms with E-state index in [0.717, 1.165) is 11.3 Å². The van der Waals surface area contributed by atoms with Crippen molar-refractivity contribution < 1.29 is 4.39 Å². The molecule has 126 valence electrons. The summed E-state index contributed by atoms with van der Waals surface area (Å²) in [5.74, 6) is 0.894. The summed E-state index contributed by atoms with van der Waals surface area (Å²) < 4.78 is 16.6. The van der Waals surface area contributed by atoms with E-state index in [-0.39, 0.29) is 11.9 Å². The van der Waals surface area contributed by atoms with Gasteiger partial charge in [-0.3, -0.25) is 4.68 Å². The molecule has 4 rings (SSSR count). The average Bonchev–Trinajstić information content (AvgIpc) is 3.22. The molecule has 0 fully saturated rings. The first-order valence-electron chi connectivity index (χ1n) is 7.90. The molecule has 3 heterocycles. The van der Waals surface area contributed by atoms with Gasteiger partial charge in [-0.2, -0.15) is 9.61 Å². The minimum absolute atomic E-state index is 0.286. The van der Waals surface area contributed by atoms with Crippen molar-refractivity contribution in [3.05, 3.63) is 54.6 Å². The average molecular weight is 337 g/mol. The first kappa shape index (κ1) is 15.3. The van der Waals surface area contributed by atoms with Crippen molar-refractivity contribution in [2.75, 3.05) is 5.32 Å². The van der Waals surface area contributed by atoms with Crippen LogP contribution in [0, 0.1) is 5.82 Å². The third kappa shape index (κ3) is 2.93. The van der Waals surface area contributed by atoms with E-state index in [1.165, 1.54) is 12.1 Å². The summed E-state index contributed by atoms with van der Waals surface area (Å²) in [5.41, 5.74) is 2.20. The second kappa shape index (κ2) is 5.97. The van der Waals surface area contributed by atoms with E-state index in [2.05, 4.69) is 39.6 Å². The second-order valence-corrected chi connectivity index (χ2v) is 5.95. The van der Waals surface area contributed by atoms with Gasteiger partial charge in [-0.1, -0.05) is 0 Å². The fourth-order valence-corrected chi connectivity index (χ4v) is 2.47. The van der Waals surface area contributed by atoms with Crippen LogP contribution in [-0.4, -0.2) is 29.6 Å². The number of hydrogen-bond donors (Lipinski definition) is 1. The van der Waals surface area contributed by atoms with Crippen molar-refractivity contribution in [1.29, 1.82) is 0 Å². The fourth-order valence-electron chi connectivity index (χ4n) is 2.47. The van der Waals surface area contributed by atoms with Crippen LogP contribution >= 0.6 is 0 Å². The lowest BCUT2D eigenvalue weighted by Crippen LogP contribution is -2.01. The van der Waals surface area contributed by atoms with Crippen LogP contribution in [0.1, 0.15) is 19.9 Å². The van der Waals surface area contributed by atoms with Crippen LogP contribution in [0.25, 0.3) is 17.0 Å². The lowest BCUT2D eigenvalue weighted by atomic mass is 10.2. The van der Waals surface area contributed by atoms with E-state index in [4.69, 9.17) is 0 Å². The Labute approximate surface area is 143 Å². The van der Waals surface area contributed by atoms with E-state index in [0.29, 0.717) is 17.3 Å². The highest BCUT2D eigenvalue weighted by molar-refractivity contribution is 5.61. The Morgan fingerprint density at radius 2 is 1.84 bits per heavy atom. The lowest BCUT2D eigenvalue weighted by Gasteiger charge is -2.05. The van der Waals surface area contributed by atoms with Crippen LogP contribution in [0.15, 0.2) is 48.8 Å². The molecule has 25 heavy (non-hydrogen) atoms. The molecule has 1 N–H and O–H groups in total. The van der Waals surface area contributed by atoms with E-state index in [1.54, 1.807) is 22.8 Å². The highest BCUT2D eigenvalue weighted by Crippen LogP contribution is 2.20. The van der Waals surface area contributed by atoms with Crippen molar-refractivity contribution >= 4 is 17.2 Å². The van der Waals surface area contributed by atoms with E-state index in [9.17, 15) is 4.39 Å². The van der Waals surface area contributed by atoms with Gasteiger partial charge in [0.25, 0.3) is 0 Å². The monoisotopic (exact) mass is 337 g/mol. The van der Waals surface area contributed by atoms with Gasteiger partial charge < -0.3 is 5.32 Å². The van der Waals surface area contributed by atoms with Gasteiger partial charge in [0.05, 0.1) is 11.9 Å². The molecule has 0 aliphatic rings. The topological polar surface area (TPSA) is 72.9 Å². The minimum atomic E-state index is -0.296. The predicted molar refractivity (Wildman–Crippen MR) is 92.1 cm³/mol. The van der Waals surface area contributed by atoms with Crippen LogP contribution in [0.5, 0.6) is 0 Å². The predicted octanol–water partition coefficient (Wildman–Crippen LogP) is 3.45. The minimum Gasteiger partial charge on any atom is -0.336 e. The third-order valence-corrected chi connectivity index (χ3v) is 3.77. The molecule has 0 radical (unpaired) electrons. The molecule has 0 saturated heterocycles. The molecular weight excluding hydrogens is 321 g/mol. The number of hydrogen-bond acceptors (Lipinski definition) is 5. The Morgan fingerprint density at radius 3 is 2.56 bits per heavy atom. The number of nitrogens with zero attached hydrogens (tertiary/aromatic N) is 6. The summed E-state index contributed by atoms with van der Waals surface area (Å²) in [5, 5.41) is 20.3. The molecule has 3 aromatic heterocycles. The standard InChI is InChI=1S/C17H16FN7/c1-11(2)24-10-14(9-19-24)20-15-7-8-16-21-22-17(25(16)23-15)12-3-5-13(18)6-4-12/h3-11H,1-2H3,(H,20,23). The fraction of sp³-hybridized carbons (Fsp3) is 0.176. The first-order valence-corrected chi connectivity index (χ1v) is 7.90. The van der Waals surface area contributed by atoms with Crippen molar-refractivity contribution in [2.45, 2.75) is 19.9 Å². The lowest BCUT2D eigenvalue weighted by molar-refractivity contribution is 0.532. The van der Waals surface area contributed by atoms with E-state index >= 15 is 0 Å². The highest BCUT2D eigenvalue weighted by Gasteiger charge is 2.11. The molecule has 4 aromatic rings. The third-order valence-electron chi connectivity index (χ3n) is 3.77. The van der Waals surface area contributed by atoms with Gasteiger partial charge in [-0.25, -0.2) is 4.39 Å². The van der Waals surface area contributed by atoms with E-state index < -0.39 is 0 Å². The number of fused-ring (bicyclic) bond motifs is 1. The first-order chi connectivity index (χ1) is 12.1. The Hall–Kier alpha value is -3.29. The van der Waals surface area contributed by atoms with Crippen molar-refractivity contribution in [2.24, 2.45) is 0 Å². The molecule has 8 heteroatoms. The zero-order valence-corrected chi connectivity index (χ0v) is 13.8. The van der Waals surface area contributed by atoms with Gasteiger partial charge in [0.1, 0.15) is 5.82 Å². The second-order valence-electron chi connectivity index (χ2n) is 5.95. The van der Waals surface area contributed by atoms with Crippen LogP contribution in [-0.2, 0) is 0 Å². The van der Waals surface area contributed by atoms with Crippen LogP contribution < -0.4 is 5.32 Å². The SMILES string of the molecule is CC(C)n1cc(Nc2ccc3nnc(-c4ccc(F)cc4)n3n2)cn1. The molecule has 0 bridgehead atoms. The Morgan fingerprint density at radius 1 is 1.04 bits per heavy atom. The van der Waals surface area contributed by atoms with Gasteiger partial charge in [0.15, 0.2) is 17.3 Å². The number of nitrogens with one attached hydrogen (secondary N) is 1. The van der Waals surface area contributed by atoms with Gasteiger partial charge in [0.2, 0.25) is 0 Å². The molecule has 0 spiro atoms. The van der Waals surface area contributed by atoms with Gasteiger partial charge >= 0.3 is 0 Å². The van der Waals surface area contributed by atoms with Crippen molar-refractivity contribution in [3.8, 4) is 11.4 Å². The van der Waals surface area contributed by atoms with E-state index in [1.807, 2.05) is 23.0 Å². The molecule has 0 saturated carbocycles. The number of aromatic nitrogens is 6. The Kier molecular flexibility index (Phi) is 3.64. The zero-order chi connectivity index (χ0) is 17.4. The summed E-state index contributed by atoms with van der Waals surface area (Å²) in [4.78, 5) is 0. The summed E-state index contributed by atoms with van der Waals surface area (Å²) in [7, 11) is 0. The molecule has 7 nitrogen and oxygen atoms in total. The van der Waals surface area contributed by atoms with Crippen LogP contribution in [0.4, 0.5) is 15.9 Å². The van der Waals surface area contributed by atoms with Crippen molar-refractivity contribution in [1.82, 2.24) is 29.6 Å². The van der Waals surface area contributed by atoms with Gasteiger partial charge in [-0.05, 0) is 50.2 Å². The largest absolute Gasteiger partial charge is 0.336 e. The summed E-state index contributed by atoms with van der Waals surface area (Å²) >= 11 is 0. The molecule has 0 amide bonds.